The molecule has 1 fully saturated rings. The van der Waals surface area contributed by atoms with Crippen LogP contribution >= 0.6 is 0 Å². The molecule has 0 saturated carbocycles. The average Bonchev–Trinajstić information content (AvgIpc) is 3.05. The number of nitrogens with one attached hydrogen (secondary N) is 1. The Labute approximate surface area is 134 Å². The Bertz CT molecular complexity index is 714. The van der Waals surface area contributed by atoms with E-state index < -0.39 is 0 Å². The third kappa shape index (κ3) is 3.77. The highest BCUT2D eigenvalue weighted by Crippen LogP contribution is 2.30. The lowest BCUT2D eigenvalue weighted by Crippen LogP contribution is -2.32. The fourth-order valence-corrected chi connectivity index (χ4v) is 2.88. The number of H-pyrrole nitrogens is 1. The number of carbonyl (C=O) groups excluding carboxylic acids is 1. The largest absolute Gasteiger partial charge is 0.493 e. The molecule has 1 N–H and O–H groups in total. The van der Waals surface area contributed by atoms with Crippen molar-refractivity contribution in [2.45, 2.75) is 25.3 Å². The Morgan fingerprint density at radius 2 is 2.13 bits per heavy atom. The van der Waals surface area contributed by atoms with Crippen molar-refractivity contribution < 1.29 is 9.53 Å². The minimum absolute atomic E-state index is 0.0427. The molecule has 3 rings (SSSR count). The van der Waals surface area contributed by atoms with Gasteiger partial charge in [0.25, 0.3) is 0 Å². The zero-order valence-corrected chi connectivity index (χ0v) is 12.8. The van der Waals surface area contributed by atoms with Crippen LogP contribution in [0.5, 0.6) is 5.75 Å². The number of hydrogen-bond donors (Lipinski definition) is 1. The molecule has 1 aliphatic rings. The molecule has 1 unspecified atom stereocenters. The van der Waals surface area contributed by atoms with E-state index in [0.29, 0.717) is 19.6 Å². The number of hydrogen-bond acceptors (Lipinski definition) is 4. The lowest BCUT2D eigenvalue weighted by molar-refractivity contribution is -0.132. The second kappa shape index (κ2) is 7.09. The van der Waals surface area contributed by atoms with Gasteiger partial charge in [0, 0.05) is 18.4 Å². The molecule has 0 aliphatic carbocycles. The number of carbonyl (C=O) groups is 1. The van der Waals surface area contributed by atoms with Crippen LogP contribution in [0, 0.1) is 0 Å². The van der Waals surface area contributed by atoms with E-state index in [1.807, 2.05) is 35.2 Å². The van der Waals surface area contributed by atoms with E-state index in [2.05, 4.69) is 9.97 Å². The van der Waals surface area contributed by atoms with Gasteiger partial charge >= 0.3 is 5.69 Å². The van der Waals surface area contributed by atoms with E-state index in [1.165, 1.54) is 6.20 Å². The number of likely N-dealkylation sites (tertiary alicyclic amines) is 1. The minimum Gasteiger partial charge on any atom is -0.493 e. The number of aromatic amines is 1. The van der Waals surface area contributed by atoms with E-state index in [1.54, 1.807) is 6.07 Å². The maximum atomic E-state index is 12.4. The van der Waals surface area contributed by atoms with Gasteiger partial charge in [-0.25, -0.2) is 9.78 Å². The second-order valence-corrected chi connectivity index (χ2v) is 5.49. The first-order chi connectivity index (χ1) is 11.2. The predicted octanol–water partition coefficient (Wildman–Crippen LogP) is 1.90. The van der Waals surface area contributed by atoms with Crippen molar-refractivity contribution in [1.82, 2.24) is 14.9 Å². The molecule has 1 saturated heterocycles. The fourth-order valence-electron chi connectivity index (χ4n) is 2.88. The zero-order valence-electron chi connectivity index (χ0n) is 12.8. The molecule has 120 valence electrons. The van der Waals surface area contributed by atoms with Gasteiger partial charge in [-0.05, 0) is 31.0 Å². The monoisotopic (exact) mass is 313 g/mol. The van der Waals surface area contributed by atoms with Gasteiger partial charge in [0.15, 0.2) is 0 Å². The molecule has 2 heterocycles. The summed E-state index contributed by atoms with van der Waals surface area (Å²) in [5.41, 5.74) is 0.369. The standard InChI is InChI=1S/C17H19N3O3/c21-16(9-12-23-13-5-2-1-3-6-13)20-11-4-7-15(20)14-8-10-18-17(22)19-14/h1-3,5-6,8,10,15H,4,7,9,11-12H2,(H,18,19,22). The lowest BCUT2D eigenvalue weighted by Gasteiger charge is -2.24. The van der Waals surface area contributed by atoms with Crippen LogP contribution in [0.4, 0.5) is 0 Å². The summed E-state index contributed by atoms with van der Waals surface area (Å²) in [5, 5.41) is 0. The van der Waals surface area contributed by atoms with Gasteiger partial charge in [-0.2, -0.15) is 0 Å². The zero-order chi connectivity index (χ0) is 16.1. The molecule has 23 heavy (non-hydrogen) atoms. The summed E-state index contributed by atoms with van der Waals surface area (Å²) in [4.78, 5) is 32.0. The molecule has 1 aromatic heterocycles. The van der Waals surface area contributed by atoms with Crippen molar-refractivity contribution in [3.8, 4) is 5.75 Å². The van der Waals surface area contributed by atoms with Crippen LogP contribution in [0.1, 0.15) is 31.0 Å². The number of ether oxygens (including phenoxy) is 1. The summed E-state index contributed by atoms with van der Waals surface area (Å²) in [5.74, 6) is 0.804. The summed E-state index contributed by atoms with van der Waals surface area (Å²) in [6.45, 7) is 1.05. The molecule has 6 nitrogen and oxygen atoms in total. The van der Waals surface area contributed by atoms with E-state index in [9.17, 15) is 9.59 Å². The van der Waals surface area contributed by atoms with Crippen LogP contribution in [0.2, 0.25) is 0 Å². The number of para-hydroxylation sites is 1. The van der Waals surface area contributed by atoms with Crippen molar-refractivity contribution in [2.75, 3.05) is 13.2 Å². The van der Waals surface area contributed by atoms with Crippen molar-refractivity contribution >= 4 is 5.91 Å². The summed E-state index contributed by atoms with van der Waals surface area (Å²) >= 11 is 0. The summed E-state index contributed by atoms with van der Waals surface area (Å²) in [6.07, 6.45) is 3.58. The first-order valence-electron chi connectivity index (χ1n) is 7.76. The number of nitrogens with zero attached hydrogens (tertiary/aromatic N) is 2. The maximum Gasteiger partial charge on any atom is 0.345 e. The molecule has 1 amide bonds. The average molecular weight is 313 g/mol. The number of amides is 1. The van der Waals surface area contributed by atoms with Crippen LogP contribution in [-0.2, 0) is 4.79 Å². The smallest absolute Gasteiger partial charge is 0.345 e. The van der Waals surface area contributed by atoms with Gasteiger partial charge in [0.05, 0.1) is 19.1 Å². The van der Waals surface area contributed by atoms with Gasteiger partial charge in [-0.1, -0.05) is 18.2 Å². The van der Waals surface area contributed by atoms with Gasteiger partial charge in [-0.15, -0.1) is 0 Å². The summed E-state index contributed by atoms with van der Waals surface area (Å²) < 4.78 is 5.58. The Hall–Kier alpha value is -2.63. The first kappa shape index (κ1) is 15.3. The molecule has 0 bridgehead atoms. The molecular weight excluding hydrogens is 294 g/mol. The third-order valence-electron chi connectivity index (χ3n) is 3.96. The van der Waals surface area contributed by atoms with Crippen LogP contribution in [0.15, 0.2) is 47.4 Å². The van der Waals surface area contributed by atoms with Crippen molar-refractivity contribution in [3.63, 3.8) is 0 Å². The van der Waals surface area contributed by atoms with Gasteiger partial charge < -0.3 is 14.6 Å². The van der Waals surface area contributed by atoms with Gasteiger partial charge in [-0.3, -0.25) is 4.79 Å². The summed E-state index contributed by atoms with van der Waals surface area (Å²) in [7, 11) is 0. The highest BCUT2D eigenvalue weighted by atomic mass is 16.5. The van der Waals surface area contributed by atoms with Crippen molar-refractivity contribution in [3.05, 3.63) is 58.8 Å². The Morgan fingerprint density at radius 3 is 2.91 bits per heavy atom. The third-order valence-corrected chi connectivity index (χ3v) is 3.96. The quantitative estimate of drug-likeness (QED) is 0.915. The van der Waals surface area contributed by atoms with E-state index in [4.69, 9.17) is 4.74 Å². The van der Waals surface area contributed by atoms with E-state index in [-0.39, 0.29) is 17.6 Å². The van der Waals surface area contributed by atoms with Gasteiger partial charge in [0.2, 0.25) is 5.91 Å². The topological polar surface area (TPSA) is 75.3 Å². The molecule has 2 aromatic rings. The van der Waals surface area contributed by atoms with Crippen LogP contribution in [0.3, 0.4) is 0 Å². The first-order valence-corrected chi connectivity index (χ1v) is 7.76. The Kier molecular flexibility index (Phi) is 4.71. The Balaban J connectivity index is 1.59. The van der Waals surface area contributed by atoms with Crippen molar-refractivity contribution in [1.29, 1.82) is 0 Å². The fraction of sp³-hybridized carbons (Fsp3) is 0.353. The number of aromatic nitrogens is 2. The molecule has 0 radical (unpaired) electrons. The van der Waals surface area contributed by atoms with Crippen LogP contribution in [0.25, 0.3) is 0 Å². The molecule has 0 spiro atoms. The molecule has 1 atom stereocenters. The SMILES string of the molecule is O=C(CCOc1ccccc1)N1CCCC1c1ccnc(=O)[nH]1. The number of rotatable bonds is 5. The molecule has 6 heteroatoms. The predicted molar refractivity (Wildman–Crippen MR) is 85.1 cm³/mol. The van der Waals surface area contributed by atoms with Crippen LogP contribution < -0.4 is 10.4 Å². The number of benzene rings is 1. The maximum absolute atomic E-state index is 12.4. The lowest BCUT2D eigenvalue weighted by atomic mass is 10.1. The highest BCUT2D eigenvalue weighted by Gasteiger charge is 2.30. The molecular formula is C17H19N3O3. The highest BCUT2D eigenvalue weighted by molar-refractivity contribution is 5.77. The minimum atomic E-state index is -0.380. The molecule has 1 aliphatic heterocycles. The summed E-state index contributed by atoms with van der Waals surface area (Å²) in [6, 6.07) is 11.1. The van der Waals surface area contributed by atoms with Crippen molar-refractivity contribution in [2.24, 2.45) is 0 Å². The van der Waals surface area contributed by atoms with E-state index in [0.717, 1.165) is 24.3 Å². The van der Waals surface area contributed by atoms with Crippen LogP contribution in [-0.4, -0.2) is 33.9 Å². The normalized spacial score (nSPS) is 17.2. The van der Waals surface area contributed by atoms with E-state index >= 15 is 0 Å². The Morgan fingerprint density at radius 1 is 1.30 bits per heavy atom. The molecule has 1 aromatic carbocycles. The second-order valence-electron chi connectivity index (χ2n) is 5.49. The van der Waals surface area contributed by atoms with Gasteiger partial charge in [0.1, 0.15) is 5.75 Å².